The van der Waals surface area contributed by atoms with E-state index in [0.717, 1.165) is 69.0 Å². The van der Waals surface area contributed by atoms with Crippen molar-refractivity contribution in [2.75, 3.05) is 28.4 Å². The molecule has 7 rings (SSSR count). The Hall–Kier alpha value is -6.94. The Bertz CT molecular complexity index is 2570. The number of methoxy groups -OCH3 is 4. The summed E-state index contributed by atoms with van der Waals surface area (Å²) in [6.45, 7) is 12.1. The lowest BCUT2D eigenvalue weighted by atomic mass is 9.92. The average molecular weight is 929 g/mol. The fourth-order valence-electron chi connectivity index (χ4n) is 8.62. The molecule has 7 aromatic rings. The van der Waals surface area contributed by atoms with Gasteiger partial charge in [-0.3, -0.25) is 0 Å². The fraction of sp³-hybridized carbons (Fsp3) is 0.254. The highest BCUT2D eigenvalue weighted by molar-refractivity contribution is 6.99. The topological polar surface area (TPSA) is 73.8 Å². The Morgan fingerprint density at radius 3 is 1.32 bits per heavy atom. The van der Waals surface area contributed by atoms with Crippen LogP contribution < -0.4 is 43.5 Å². The van der Waals surface area contributed by atoms with Crippen molar-refractivity contribution in [1.29, 1.82) is 0 Å². The number of benzene rings is 7. The van der Waals surface area contributed by atoms with Crippen LogP contribution >= 0.6 is 0 Å². The molecule has 9 heteroatoms. The van der Waals surface area contributed by atoms with Crippen LogP contribution in [0, 0.1) is 0 Å². The second kappa shape index (κ2) is 23.2. The molecule has 0 bridgehead atoms. The van der Waals surface area contributed by atoms with Gasteiger partial charge in [-0.2, -0.15) is 0 Å². The van der Waals surface area contributed by atoms with Gasteiger partial charge in [-0.15, -0.1) is 6.58 Å². The van der Waals surface area contributed by atoms with Gasteiger partial charge in [-0.05, 0) is 117 Å². The predicted octanol–water partition coefficient (Wildman–Crippen LogP) is 12.7. The zero-order valence-corrected chi connectivity index (χ0v) is 41.5. The van der Waals surface area contributed by atoms with Crippen LogP contribution in [-0.2, 0) is 37.3 Å². The SMILES string of the molecule is C=CCCCc1cc(OCc2ccc(OC)cc2)cc(OC)c1-c1c(OCc2ccc(OC)cc2)cc(CO[Si](c2ccccc2)(c2ccccc2)C(C)(C)C)cc1OCc1ccc(OC)cc1. The summed E-state index contributed by atoms with van der Waals surface area (Å²) in [5.41, 5.74) is 6.54. The second-order valence-corrected chi connectivity index (χ2v) is 22.0. The molecule has 0 saturated carbocycles. The van der Waals surface area contributed by atoms with Gasteiger partial charge in [0.2, 0.25) is 0 Å². The van der Waals surface area contributed by atoms with Crippen LogP contribution in [0.5, 0.6) is 40.2 Å². The van der Waals surface area contributed by atoms with Crippen molar-refractivity contribution in [2.24, 2.45) is 0 Å². The monoisotopic (exact) mass is 928 g/mol. The minimum absolute atomic E-state index is 0.234. The summed E-state index contributed by atoms with van der Waals surface area (Å²) in [7, 11) is 3.75. The Kier molecular flexibility index (Phi) is 16.7. The number of unbranched alkanes of at least 4 members (excludes halogenated alkanes) is 1. The highest BCUT2D eigenvalue weighted by Gasteiger charge is 2.50. The lowest BCUT2D eigenvalue weighted by Gasteiger charge is -2.43. The summed E-state index contributed by atoms with van der Waals surface area (Å²) in [5.74, 6) is 4.91. The molecule has 0 atom stereocenters. The lowest BCUT2D eigenvalue weighted by Crippen LogP contribution is -2.66. The number of ether oxygens (including phenoxy) is 7. The maximum atomic E-state index is 7.55. The molecule has 0 saturated heterocycles. The molecule has 0 spiro atoms. The van der Waals surface area contributed by atoms with Crippen molar-refractivity contribution < 1.29 is 37.6 Å². The van der Waals surface area contributed by atoms with Gasteiger partial charge in [0, 0.05) is 11.6 Å². The minimum Gasteiger partial charge on any atom is -0.497 e. The van der Waals surface area contributed by atoms with E-state index in [1.165, 1.54) is 10.4 Å². The van der Waals surface area contributed by atoms with Gasteiger partial charge in [0.05, 0.1) is 40.6 Å². The summed E-state index contributed by atoms with van der Waals surface area (Å²) in [6.07, 6.45) is 4.36. The predicted molar refractivity (Wildman–Crippen MR) is 276 cm³/mol. The van der Waals surface area contributed by atoms with Crippen LogP contribution in [0.15, 0.2) is 170 Å². The summed E-state index contributed by atoms with van der Waals surface area (Å²) in [4.78, 5) is 0. The van der Waals surface area contributed by atoms with Crippen LogP contribution in [0.25, 0.3) is 11.1 Å². The van der Waals surface area contributed by atoms with Crippen LogP contribution in [-0.4, -0.2) is 36.8 Å². The summed E-state index contributed by atoms with van der Waals surface area (Å²) < 4.78 is 50.8. The third-order valence-corrected chi connectivity index (χ3v) is 17.1. The average Bonchev–Trinajstić information content (AvgIpc) is 3.37. The first-order valence-corrected chi connectivity index (χ1v) is 25.0. The molecule has 0 unspecified atom stereocenters. The Morgan fingerprint density at radius 2 is 0.912 bits per heavy atom. The summed E-state index contributed by atoms with van der Waals surface area (Å²) >= 11 is 0. The molecule has 0 N–H and O–H groups in total. The smallest absolute Gasteiger partial charge is 0.261 e. The standard InChI is InChI=1S/C59H64O8Si/c1-9-10-13-18-47-37-51(64-39-43-23-29-48(60-5)30-24-43)38-54(63-8)57(47)58-55(65-40-44-25-31-49(61-6)32-26-44)35-46(36-56(58)66-41-45-27-33-50(62-7)34-28-45)42-67-68(59(2,3)4,52-19-14-11-15-20-52)53-21-16-12-17-22-53/h9,11-12,14-17,19-38H,1,10,13,18,39-42H2,2-8H3. The molecular weight excluding hydrogens is 865 g/mol. The van der Waals surface area contributed by atoms with Crippen LogP contribution in [0.4, 0.5) is 0 Å². The van der Waals surface area contributed by atoms with Crippen molar-refractivity contribution in [3.05, 3.63) is 198 Å². The van der Waals surface area contributed by atoms with E-state index in [0.29, 0.717) is 42.6 Å². The Labute approximate surface area is 404 Å². The summed E-state index contributed by atoms with van der Waals surface area (Å²) in [5, 5.41) is 2.16. The van der Waals surface area contributed by atoms with Crippen molar-refractivity contribution in [3.8, 4) is 51.4 Å². The first-order valence-electron chi connectivity index (χ1n) is 23.1. The number of aryl methyl sites for hydroxylation is 1. The maximum Gasteiger partial charge on any atom is 0.261 e. The van der Waals surface area contributed by atoms with E-state index in [-0.39, 0.29) is 18.3 Å². The number of hydrogen-bond donors (Lipinski definition) is 0. The largest absolute Gasteiger partial charge is 0.497 e. The third kappa shape index (κ3) is 11.8. The number of allylic oxidation sites excluding steroid dienone is 1. The highest BCUT2D eigenvalue weighted by Crippen LogP contribution is 2.49. The van der Waals surface area contributed by atoms with E-state index in [4.69, 9.17) is 37.6 Å². The lowest BCUT2D eigenvalue weighted by molar-refractivity contribution is 0.275. The number of rotatable bonds is 23. The zero-order valence-electron chi connectivity index (χ0n) is 40.5. The van der Waals surface area contributed by atoms with E-state index in [1.54, 1.807) is 28.4 Å². The second-order valence-electron chi connectivity index (χ2n) is 17.7. The third-order valence-electron chi connectivity index (χ3n) is 12.2. The molecule has 352 valence electrons. The van der Waals surface area contributed by atoms with Crippen molar-refractivity contribution >= 4 is 18.7 Å². The van der Waals surface area contributed by atoms with Gasteiger partial charge in [0.25, 0.3) is 8.32 Å². The van der Waals surface area contributed by atoms with Crippen molar-refractivity contribution in [3.63, 3.8) is 0 Å². The van der Waals surface area contributed by atoms with E-state index in [1.807, 2.05) is 84.9 Å². The van der Waals surface area contributed by atoms with Gasteiger partial charge in [-0.1, -0.05) is 124 Å². The molecule has 68 heavy (non-hydrogen) atoms. The van der Waals surface area contributed by atoms with E-state index < -0.39 is 8.32 Å². The van der Waals surface area contributed by atoms with Crippen LogP contribution in [0.1, 0.15) is 61.4 Å². The van der Waals surface area contributed by atoms with Gasteiger partial charge in [-0.25, -0.2) is 0 Å². The fourth-order valence-corrected chi connectivity index (χ4v) is 13.2. The van der Waals surface area contributed by atoms with Gasteiger partial charge in [0.1, 0.15) is 60.1 Å². The highest BCUT2D eigenvalue weighted by atomic mass is 28.4. The van der Waals surface area contributed by atoms with Crippen molar-refractivity contribution in [2.45, 2.75) is 71.5 Å². The van der Waals surface area contributed by atoms with E-state index in [9.17, 15) is 0 Å². The van der Waals surface area contributed by atoms with Gasteiger partial charge in [0.15, 0.2) is 0 Å². The van der Waals surface area contributed by atoms with E-state index >= 15 is 0 Å². The molecular formula is C59H64O8Si. The van der Waals surface area contributed by atoms with Crippen LogP contribution in [0.2, 0.25) is 5.04 Å². The molecule has 0 amide bonds. The Balaban J connectivity index is 1.40. The van der Waals surface area contributed by atoms with Gasteiger partial charge >= 0.3 is 0 Å². The zero-order chi connectivity index (χ0) is 47.9. The summed E-state index contributed by atoms with van der Waals surface area (Å²) in [6, 6.07) is 53.5. The molecule has 0 aliphatic heterocycles. The Morgan fingerprint density at radius 1 is 0.456 bits per heavy atom. The molecule has 8 nitrogen and oxygen atoms in total. The maximum absolute atomic E-state index is 7.55. The molecule has 0 radical (unpaired) electrons. The molecule has 0 fully saturated rings. The van der Waals surface area contributed by atoms with E-state index in [2.05, 4.69) is 106 Å². The van der Waals surface area contributed by atoms with Gasteiger partial charge < -0.3 is 37.6 Å². The minimum atomic E-state index is -2.94. The first kappa shape index (κ1) is 49.0. The van der Waals surface area contributed by atoms with Crippen molar-refractivity contribution in [1.82, 2.24) is 0 Å². The molecule has 0 heterocycles. The first-order chi connectivity index (χ1) is 33.1. The molecule has 7 aromatic carbocycles. The number of hydrogen-bond acceptors (Lipinski definition) is 8. The molecule has 0 aromatic heterocycles. The molecule has 0 aliphatic rings. The van der Waals surface area contributed by atoms with Crippen LogP contribution in [0.3, 0.4) is 0 Å². The quantitative estimate of drug-likeness (QED) is 0.0357. The normalized spacial score (nSPS) is 11.4. The molecule has 0 aliphatic carbocycles.